The molecule has 8 heteroatoms. The van der Waals surface area contributed by atoms with Crippen molar-refractivity contribution in [2.75, 3.05) is 10.7 Å². The van der Waals surface area contributed by atoms with Crippen LogP contribution in [0, 0.1) is 0 Å². The molecule has 0 saturated heterocycles. The monoisotopic (exact) mass is 508 g/mol. The molecule has 1 amide bonds. The van der Waals surface area contributed by atoms with Crippen molar-refractivity contribution in [3.8, 4) is 22.8 Å². The molecule has 0 bridgehead atoms. The predicted molar refractivity (Wildman–Crippen MR) is 143 cm³/mol. The zero-order chi connectivity index (χ0) is 24.5. The molecule has 4 aromatic carbocycles. The first-order valence-corrected chi connectivity index (χ1v) is 13.1. The van der Waals surface area contributed by atoms with Crippen LogP contribution in [0.15, 0.2) is 118 Å². The van der Waals surface area contributed by atoms with Gasteiger partial charge in [0, 0.05) is 15.5 Å². The van der Waals surface area contributed by atoms with Crippen LogP contribution in [0.1, 0.15) is 0 Å². The predicted octanol–water partition coefficient (Wildman–Crippen LogP) is 6.56. The summed E-state index contributed by atoms with van der Waals surface area (Å²) < 4.78 is 1.88. The number of aromatic hydroxyl groups is 1. The molecule has 5 aromatic rings. The van der Waals surface area contributed by atoms with Crippen molar-refractivity contribution in [1.29, 1.82) is 0 Å². The van der Waals surface area contributed by atoms with Gasteiger partial charge in [-0.05, 0) is 48.5 Å². The van der Waals surface area contributed by atoms with Gasteiger partial charge in [0.05, 0.1) is 22.7 Å². The molecule has 1 aromatic heterocycles. The summed E-state index contributed by atoms with van der Waals surface area (Å²) in [5.41, 5.74) is 3.18. The van der Waals surface area contributed by atoms with E-state index in [9.17, 15) is 9.90 Å². The number of thioether (sulfide) groups is 1. The Bertz CT molecular complexity index is 1520. The van der Waals surface area contributed by atoms with E-state index in [2.05, 4.69) is 10.2 Å². The Morgan fingerprint density at radius 1 is 0.778 bits per heavy atom. The molecule has 0 spiro atoms. The number of hydrogen-bond donors (Lipinski definition) is 1. The topological polar surface area (TPSA) is 71.2 Å². The second-order valence-electron chi connectivity index (χ2n) is 8.05. The van der Waals surface area contributed by atoms with E-state index in [1.54, 1.807) is 34.9 Å². The van der Waals surface area contributed by atoms with E-state index >= 15 is 0 Å². The highest BCUT2D eigenvalue weighted by molar-refractivity contribution is 8.00. The Morgan fingerprint density at radius 3 is 2.08 bits per heavy atom. The van der Waals surface area contributed by atoms with Crippen molar-refractivity contribution in [1.82, 2.24) is 14.8 Å². The molecular formula is C28H20N4O2S2. The molecule has 0 unspecified atom stereocenters. The Morgan fingerprint density at radius 2 is 1.39 bits per heavy atom. The number of aromatic nitrogens is 3. The zero-order valence-electron chi connectivity index (χ0n) is 19.0. The summed E-state index contributed by atoms with van der Waals surface area (Å²) in [5, 5.41) is 19.8. The van der Waals surface area contributed by atoms with Crippen LogP contribution >= 0.6 is 23.5 Å². The van der Waals surface area contributed by atoms with E-state index in [4.69, 9.17) is 0 Å². The lowest BCUT2D eigenvalue weighted by molar-refractivity contribution is -0.115. The maximum Gasteiger partial charge on any atom is 0.242 e. The third-order valence-electron chi connectivity index (χ3n) is 5.80. The fourth-order valence-corrected chi connectivity index (χ4v) is 6.03. The van der Waals surface area contributed by atoms with Gasteiger partial charge in [-0.1, -0.05) is 78.1 Å². The highest BCUT2D eigenvalue weighted by atomic mass is 32.2. The summed E-state index contributed by atoms with van der Waals surface area (Å²) in [5.74, 6) is 0.749. The summed E-state index contributed by atoms with van der Waals surface area (Å²) in [6, 6.07) is 32.6. The van der Waals surface area contributed by atoms with E-state index in [0.29, 0.717) is 16.5 Å². The first kappa shape index (κ1) is 22.5. The SMILES string of the molecule is O=C(CSc1nnc(-c2ccccc2O)n1-c1ccccc1)N1c2ccccc2Sc2ccccc21. The lowest BCUT2D eigenvalue weighted by atomic mass is 10.2. The van der Waals surface area contributed by atoms with Crippen LogP contribution in [0.3, 0.4) is 0 Å². The quantitative estimate of drug-likeness (QED) is 0.271. The first-order chi connectivity index (χ1) is 17.7. The second kappa shape index (κ2) is 9.56. The van der Waals surface area contributed by atoms with Gasteiger partial charge >= 0.3 is 0 Å². The number of fused-ring (bicyclic) bond motifs is 2. The van der Waals surface area contributed by atoms with E-state index < -0.39 is 0 Å². The van der Waals surface area contributed by atoms with Crippen LogP contribution in [0.5, 0.6) is 5.75 Å². The summed E-state index contributed by atoms with van der Waals surface area (Å²) in [6.45, 7) is 0. The van der Waals surface area contributed by atoms with Crippen LogP contribution in [0.25, 0.3) is 17.1 Å². The summed E-state index contributed by atoms with van der Waals surface area (Å²) in [6.07, 6.45) is 0. The minimum absolute atomic E-state index is 0.0491. The largest absolute Gasteiger partial charge is 0.507 e. The maximum absolute atomic E-state index is 13.7. The fraction of sp³-hybridized carbons (Fsp3) is 0.0357. The molecule has 0 atom stereocenters. The van der Waals surface area contributed by atoms with Crippen molar-refractivity contribution >= 4 is 40.8 Å². The van der Waals surface area contributed by atoms with Crippen molar-refractivity contribution in [3.63, 3.8) is 0 Å². The average molecular weight is 509 g/mol. The standard InChI is InChI=1S/C28H20N4O2S2/c33-23-15-7-4-12-20(23)27-29-30-28(31(27)19-10-2-1-3-11-19)35-18-26(34)32-21-13-5-8-16-24(21)36-25-17-9-6-14-22(25)32/h1-17,33H,18H2. The summed E-state index contributed by atoms with van der Waals surface area (Å²) in [7, 11) is 0. The fourth-order valence-electron chi connectivity index (χ4n) is 4.17. The van der Waals surface area contributed by atoms with Crippen LogP contribution < -0.4 is 4.90 Å². The molecule has 0 aliphatic carbocycles. The first-order valence-electron chi connectivity index (χ1n) is 11.3. The number of phenols is 1. The number of amides is 1. The third-order valence-corrected chi connectivity index (χ3v) is 7.84. The van der Waals surface area contributed by atoms with E-state index in [-0.39, 0.29) is 17.4 Å². The number of carbonyl (C=O) groups excluding carboxylic acids is 1. The smallest absolute Gasteiger partial charge is 0.242 e. The lowest BCUT2D eigenvalue weighted by Gasteiger charge is -2.30. The molecule has 176 valence electrons. The normalized spacial score (nSPS) is 12.2. The molecule has 0 saturated carbocycles. The molecule has 1 aliphatic heterocycles. The van der Waals surface area contributed by atoms with Crippen LogP contribution in [-0.4, -0.2) is 31.5 Å². The number of carbonyl (C=O) groups is 1. The highest BCUT2D eigenvalue weighted by Gasteiger charge is 2.28. The minimum atomic E-state index is -0.0491. The van der Waals surface area contributed by atoms with Gasteiger partial charge in [-0.15, -0.1) is 10.2 Å². The minimum Gasteiger partial charge on any atom is -0.507 e. The van der Waals surface area contributed by atoms with E-state index in [1.165, 1.54) is 11.8 Å². The van der Waals surface area contributed by atoms with Crippen molar-refractivity contribution in [3.05, 3.63) is 103 Å². The van der Waals surface area contributed by atoms with Gasteiger partial charge < -0.3 is 5.11 Å². The highest BCUT2D eigenvalue weighted by Crippen LogP contribution is 2.48. The number of hydrogen-bond acceptors (Lipinski definition) is 6. The van der Waals surface area contributed by atoms with Crippen LogP contribution in [-0.2, 0) is 4.79 Å². The molecule has 0 fully saturated rings. The molecule has 6 nitrogen and oxygen atoms in total. The Balaban J connectivity index is 1.35. The average Bonchev–Trinajstić information content (AvgIpc) is 3.34. The zero-order valence-corrected chi connectivity index (χ0v) is 20.6. The van der Waals surface area contributed by atoms with Gasteiger partial charge in [0.1, 0.15) is 5.75 Å². The van der Waals surface area contributed by atoms with Crippen LogP contribution in [0.2, 0.25) is 0 Å². The van der Waals surface area contributed by atoms with E-state index in [0.717, 1.165) is 26.9 Å². The number of nitrogens with zero attached hydrogens (tertiary/aromatic N) is 4. The Hall–Kier alpha value is -4.01. The van der Waals surface area contributed by atoms with Gasteiger partial charge in [0.2, 0.25) is 5.91 Å². The number of phenolic OH excluding ortho intramolecular Hbond substituents is 1. The molecule has 1 aliphatic rings. The second-order valence-corrected chi connectivity index (χ2v) is 10.1. The van der Waals surface area contributed by atoms with Gasteiger partial charge in [-0.25, -0.2) is 0 Å². The Labute approximate surface area is 216 Å². The van der Waals surface area contributed by atoms with Gasteiger partial charge in [0.15, 0.2) is 11.0 Å². The molecular weight excluding hydrogens is 488 g/mol. The molecule has 36 heavy (non-hydrogen) atoms. The van der Waals surface area contributed by atoms with Gasteiger partial charge in [-0.3, -0.25) is 14.3 Å². The van der Waals surface area contributed by atoms with Crippen molar-refractivity contribution < 1.29 is 9.90 Å². The molecule has 1 N–H and O–H groups in total. The summed E-state index contributed by atoms with van der Waals surface area (Å²) >= 11 is 2.99. The number of para-hydroxylation sites is 4. The van der Waals surface area contributed by atoms with Gasteiger partial charge in [-0.2, -0.15) is 0 Å². The third kappa shape index (κ3) is 4.04. The number of anilines is 2. The van der Waals surface area contributed by atoms with Gasteiger partial charge in [0.25, 0.3) is 0 Å². The van der Waals surface area contributed by atoms with Crippen LogP contribution in [0.4, 0.5) is 11.4 Å². The number of rotatable bonds is 5. The molecule has 2 heterocycles. The van der Waals surface area contributed by atoms with Crippen molar-refractivity contribution in [2.24, 2.45) is 0 Å². The number of benzene rings is 4. The summed E-state index contributed by atoms with van der Waals surface area (Å²) in [4.78, 5) is 17.6. The van der Waals surface area contributed by atoms with E-state index in [1.807, 2.05) is 89.5 Å². The Kier molecular flexibility index (Phi) is 5.96. The molecule has 6 rings (SSSR count). The lowest BCUT2D eigenvalue weighted by Crippen LogP contribution is -2.30. The maximum atomic E-state index is 13.7. The van der Waals surface area contributed by atoms with Crippen molar-refractivity contribution in [2.45, 2.75) is 14.9 Å². The molecule has 0 radical (unpaired) electrons.